The summed E-state index contributed by atoms with van der Waals surface area (Å²) >= 11 is 0. The van der Waals surface area contributed by atoms with E-state index in [0.717, 1.165) is 10.6 Å². The highest BCUT2D eigenvalue weighted by Gasteiger charge is 2.41. The molecule has 2 rings (SSSR count). The molecule has 0 aromatic carbocycles. The lowest BCUT2D eigenvalue weighted by Gasteiger charge is -2.40. The predicted molar refractivity (Wildman–Crippen MR) is 85.0 cm³/mol. The van der Waals surface area contributed by atoms with Gasteiger partial charge in [-0.2, -0.15) is 13.9 Å². The van der Waals surface area contributed by atoms with Crippen molar-refractivity contribution in [2.24, 2.45) is 0 Å². The summed E-state index contributed by atoms with van der Waals surface area (Å²) in [4.78, 5) is 25.1. The van der Waals surface area contributed by atoms with Crippen LogP contribution in [0.2, 0.25) is 0 Å². The maximum atomic E-state index is 13.1. The molecular weight excluding hydrogens is 318 g/mol. The van der Waals surface area contributed by atoms with Gasteiger partial charge in [-0.3, -0.25) is 14.7 Å². The first-order valence-corrected chi connectivity index (χ1v) is 8.07. The fourth-order valence-electron chi connectivity index (χ4n) is 2.69. The first-order chi connectivity index (χ1) is 11.0. The molecule has 134 valence electrons. The van der Waals surface area contributed by atoms with Crippen molar-refractivity contribution in [2.45, 2.75) is 57.9 Å². The molecule has 0 saturated carbocycles. The number of halogens is 2. The average molecular weight is 342 g/mol. The number of carbonyl (C=O) groups is 2. The molecule has 0 spiro atoms. The molecule has 1 aliphatic heterocycles. The third-order valence-electron chi connectivity index (χ3n) is 4.40. The molecule has 1 aliphatic rings. The Kier molecular flexibility index (Phi) is 4.96. The number of rotatable bonds is 4. The Hall–Kier alpha value is -1.99. The maximum Gasteiger partial charge on any atom is 0.322 e. The number of aromatic amines is 1. The van der Waals surface area contributed by atoms with Crippen molar-refractivity contribution >= 4 is 11.8 Å². The van der Waals surface area contributed by atoms with Gasteiger partial charge in [-0.1, -0.05) is 13.8 Å². The number of alkyl halides is 2. The Labute approximate surface area is 140 Å². The smallest absolute Gasteiger partial charge is 0.322 e. The fourth-order valence-corrected chi connectivity index (χ4v) is 2.69. The summed E-state index contributed by atoms with van der Waals surface area (Å²) in [6.07, 6.45) is 0.837. The normalized spacial score (nSPS) is 17.9. The molecule has 2 heterocycles. The third kappa shape index (κ3) is 4.10. The van der Waals surface area contributed by atoms with Gasteiger partial charge in [-0.25, -0.2) is 0 Å². The Morgan fingerprint density at radius 2 is 1.96 bits per heavy atom. The maximum absolute atomic E-state index is 13.1. The molecule has 0 atom stereocenters. The molecule has 1 aromatic heterocycles. The minimum absolute atomic E-state index is 0.191. The summed E-state index contributed by atoms with van der Waals surface area (Å²) in [5.74, 6) is -4.59. The van der Waals surface area contributed by atoms with Gasteiger partial charge in [0.1, 0.15) is 5.69 Å². The number of likely N-dealkylation sites (tertiary alicyclic amines) is 1. The molecule has 0 bridgehead atoms. The van der Waals surface area contributed by atoms with E-state index in [0.29, 0.717) is 25.5 Å². The second-order valence-electron chi connectivity index (χ2n) is 7.06. The van der Waals surface area contributed by atoms with Crippen molar-refractivity contribution in [2.75, 3.05) is 13.1 Å². The van der Waals surface area contributed by atoms with Crippen LogP contribution in [0.4, 0.5) is 8.78 Å². The van der Waals surface area contributed by atoms with E-state index in [9.17, 15) is 18.4 Å². The van der Waals surface area contributed by atoms with E-state index in [1.54, 1.807) is 6.07 Å². The van der Waals surface area contributed by atoms with Crippen molar-refractivity contribution in [3.63, 3.8) is 0 Å². The fraction of sp³-hybridized carbons (Fsp3) is 0.688. The van der Waals surface area contributed by atoms with E-state index in [1.807, 2.05) is 20.8 Å². The van der Waals surface area contributed by atoms with E-state index >= 15 is 0 Å². The number of hydrogen-bond donors (Lipinski definition) is 2. The Bertz CT molecular complexity index is 614. The van der Waals surface area contributed by atoms with Crippen molar-refractivity contribution in [3.05, 3.63) is 17.5 Å². The number of nitrogens with zero attached hydrogens (tertiary/aromatic N) is 2. The lowest BCUT2D eigenvalue weighted by molar-refractivity contribution is -0.156. The predicted octanol–water partition coefficient (Wildman–Crippen LogP) is 2.30. The average Bonchev–Trinajstić information content (AvgIpc) is 2.96. The molecule has 24 heavy (non-hydrogen) atoms. The van der Waals surface area contributed by atoms with Crippen LogP contribution in [-0.2, 0) is 4.79 Å². The van der Waals surface area contributed by atoms with E-state index in [-0.39, 0.29) is 24.9 Å². The third-order valence-corrected chi connectivity index (χ3v) is 4.40. The second-order valence-corrected chi connectivity index (χ2v) is 7.06. The zero-order chi connectivity index (χ0) is 18.1. The summed E-state index contributed by atoms with van der Waals surface area (Å²) in [5.41, 5.74) is 0.628. The van der Waals surface area contributed by atoms with Gasteiger partial charge in [0.2, 0.25) is 0 Å². The van der Waals surface area contributed by atoms with Gasteiger partial charge in [0.25, 0.3) is 11.8 Å². The van der Waals surface area contributed by atoms with E-state index in [1.165, 1.54) is 0 Å². The van der Waals surface area contributed by atoms with E-state index < -0.39 is 17.4 Å². The number of carbonyl (C=O) groups excluding carboxylic acids is 2. The molecule has 2 amide bonds. The minimum atomic E-state index is -3.36. The van der Waals surface area contributed by atoms with Crippen LogP contribution in [0, 0.1) is 0 Å². The highest BCUT2D eigenvalue weighted by Crippen LogP contribution is 2.25. The lowest BCUT2D eigenvalue weighted by atomic mass is 9.89. The molecule has 8 heteroatoms. The van der Waals surface area contributed by atoms with Gasteiger partial charge in [0, 0.05) is 31.2 Å². The zero-order valence-electron chi connectivity index (χ0n) is 14.4. The Morgan fingerprint density at radius 3 is 2.42 bits per heavy atom. The van der Waals surface area contributed by atoms with E-state index in [2.05, 4.69) is 15.5 Å². The molecule has 6 nitrogen and oxygen atoms in total. The van der Waals surface area contributed by atoms with Crippen LogP contribution < -0.4 is 5.32 Å². The quantitative estimate of drug-likeness (QED) is 0.881. The molecule has 0 aliphatic carbocycles. The molecule has 0 radical (unpaired) electrons. The standard InChI is InChI=1S/C16H24F2N4O2/c1-10(2)11-9-12(21-20-11)13(23)19-15(3)5-7-22(8-6-15)14(24)16(4,17)18/h9-10H,5-8H2,1-4H3,(H,19,23)(H,20,21). The monoisotopic (exact) mass is 342 g/mol. The van der Waals surface area contributed by atoms with Crippen LogP contribution in [0.5, 0.6) is 0 Å². The van der Waals surface area contributed by atoms with E-state index in [4.69, 9.17) is 0 Å². The number of nitrogens with one attached hydrogen (secondary N) is 2. The van der Waals surface area contributed by atoms with Crippen LogP contribution in [0.25, 0.3) is 0 Å². The van der Waals surface area contributed by atoms with Gasteiger partial charge < -0.3 is 10.2 Å². The highest BCUT2D eigenvalue weighted by atomic mass is 19.3. The van der Waals surface area contributed by atoms with Gasteiger partial charge in [0.05, 0.1) is 0 Å². The first-order valence-electron chi connectivity index (χ1n) is 8.07. The molecule has 2 N–H and O–H groups in total. The Morgan fingerprint density at radius 1 is 1.38 bits per heavy atom. The number of hydrogen-bond acceptors (Lipinski definition) is 3. The summed E-state index contributed by atoms with van der Waals surface area (Å²) in [6, 6.07) is 1.71. The lowest BCUT2D eigenvalue weighted by Crippen LogP contribution is -2.56. The number of amides is 2. The molecule has 1 fully saturated rings. The van der Waals surface area contributed by atoms with Crippen LogP contribution in [-0.4, -0.2) is 51.5 Å². The molecule has 1 aromatic rings. The number of piperidine rings is 1. The van der Waals surface area contributed by atoms with Gasteiger partial charge in [0.15, 0.2) is 0 Å². The van der Waals surface area contributed by atoms with Crippen molar-refractivity contribution in [3.8, 4) is 0 Å². The van der Waals surface area contributed by atoms with Crippen molar-refractivity contribution < 1.29 is 18.4 Å². The summed E-state index contributed by atoms with van der Waals surface area (Å²) in [5, 5.41) is 9.75. The highest BCUT2D eigenvalue weighted by molar-refractivity contribution is 5.93. The molecule has 1 saturated heterocycles. The number of aromatic nitrogens is 2. The molecule has 0 unspecified atom stereocenters. The van der Waals surface area contributed by atoms with Crippen molar-refractivity contribution in [1.82, 2.24) is 20.4 Å². The topological polar surface area (TPSA) is 78.1 Å². The summed E-state index contributed by atoms with van der Waals surface area (Å²) in [6.45, 7) is 6.83. The minimum Gasteiger partial charge on any atom is -0.345 e. The van der Waals surface area contributed by atoms with Crippen molar-refractivity contribution in [1.29, 1.82) is 0 Å². The van der Waals surface area contributed by atoms with Gasteiger partial charge >= 0.3 is 5.92 Å². The van der Waals surface area contributed by atoms with Crippen LogP contribution in [0.1, 0.15) is 62.6 Å². The molecular formula is C16H24F2N4O2. The first kappa shape index (κ1) is 18.4. The largest absolute Gasteiger partial charge is 0.345 e. The summed E-state index contributed by atoms with van der Waals surface area (Å²) < 4.78 is 26.2. The number of H-pyrrole nitrogens is 1. The Balaban J connectivity index is 1.96. The van der Waals surface area contributed by atoms with Gasteiger partial charge in [-0.15, -0.1) is 0 Å². The van der Waals surface area contributed by atoms with Gasteiger partial charge in [-0.05, 0) is 31.7 Å². The van der Waals surface area contributed by atoms with Crippen LogP contribution >= 0.6 is 0 Å². The SMILES string of the molecule is CC(C)c1cc(C(=O)NC2(C)CCN(C(=O)C(C)(F)F)CC2)n[nH]1. The van der Waals surface area contributed by atoms with Crippen LogP contribution in [0.15, 0.2) is 6.07 Å². The zero-order valence-corrected chi connectivity index (χ0v) is 14.4. The summed E-state index contributed by atoms with van der Waals surface area (Å²) in [7, 11) is 0. The van der Waals surface area contributed by atoms with Crippen LogP contribution in [0.3, 0.4) is 0 Å². The second kappa shape index (κ2) is 6.49.